The Labute approximate surface area is 142 Å². The maximum atomic E-state index is 2.48. The first-order valence-electron chi connectivity index (χ1n) is 10.0. The summed E-state index contributed by atoms with van der Waals surface area (Å²) in [5.41, 5.74) is 0.485. The fourth-order valence-electron chi connectivity index (χ4n) is 3.64. The normalized spacial score (nSPS) is 19.8. The van der Waals surface area contributed by atoms with Crippen molar-refractivity contribution in [3.8, 4) is 0 Å². The second-order valence-electron chi connectivity index (χ2n) is 9.59. The Bertz CT molecular complexity index is 276. The maximum Gasteiger partial charge on any atom is -0.0329 e. The standard InChI is InChI=1S/C22H46/c1-11-22(9,10)21(8)20(7)15-18(5)13-12-17(4)14-19(6)16(2)3/h16-21H,11-15H2,1-10H3. The summed E-state index contributed by atoms with van der Waals surface area (Å²) in [6, 6.07) is 0. The Morgan fingerprint density at radius 2 is 1.09 bits per heavy atom. The molecule has 0 spiro atoms. The van der Waals surface area contributed by atoms with E-state index in [1.807, 2.05) is 0 Å². The highest BCUT2D eigenvalue weighted by Gasteiger charge is 2.28. The van der Waals surface area contributed by atoms with Crippen molar-refractivity contribution in [2.75, 3.05) is 0 Å². The molecule has 0 aromatic carbocycles. The summed E-state index contributed by atoms with van der Waals surface area (Å²) < 4.78 is 0. The van der Waals surface area contributed by atoms with Gasteiger partial charge < -0.3 is 0 Å². The average molecular weight is 311 g/mol. The van der Waals surface area contributed by atoms with E-state index in [4.69, 9.17) is 0 Å². The summed E-state index contributed by atoms with van der Waals surface area (Å²) in [6.07, 6.45) is 6.92. The van der Waals surface area contributed by atoms with Crippen molar-refractivity contribution >= 4 is 0 Å². The van der Waals surface area contributed by atoms with Gasteiger partial charge in [-0.05, 0) is 53.8 Å². The predicted octanol–water partition coefficient (Wildman–Crippen LogP) is 7.82. The fraction of sp³-hybridized carbons (Fsp3) is 1.00. The molecular weight excluding hydrogens is 264 g/mol. The molecule has 0 radical (unpaired) electrons. The van der Waals surface area contributed by atoms with Crippen LogP contribution in [0.15, 0.2) is 0 Å². The average Bonchev–Trinajstić information content (AvgIpc) is 2.43. The van der Waals surface area contributed by atoms with Crippen molar-refractivity contribution in [2.24, 2.45) is 40.9 Å². The molecule has 0 aliphatic carbocycles. The fourth-order valence-corrected chi connectivity index (χ4v) is 3.64. The SMILES string of the molecule is CCC(C)(C)C(C)C(C)CC(C)CCC(C)CC(C)C(C)C. The highest BCUT2D eigenvalue weighted by atomic mass is 14.3. The highest BCUT2D eigenvalue weighted by molar-refractivity contribution is 4.79. The Balaban J connectivity index is 4.15. The van der Waals surface area contributed by atoms with Crippen LogP contribution in [0.3, 0.4) is 0 Å². The van der Waals surface area contributed by atoms with Crippen molar-refractivity contribution in [1.82, 2.24) is 0 Å². The first kappa shape index (κ1) is 22.0. The van der Waals surface area contributed by atoms with E-state index in [1.54, 1.807) is 0 Å². The summed E-state index contributed by atoms with van der Waals surface area (Å²) in [5.74, 6) is 5.13. The van der Waals surface area contributed by atoms with E-state index >= 15 is 0 Å². The van der Waals surface area contributed by atoms with Crippen LogP contribution in [0, 0.1) is 40.9 Å². The molecule has 134 valence electrons. The van der Waals surface area contributed by atoms with Gasteiger partial charge in [0.05, 0.1) is 0 Å². The molecule has 0 heterocycles. The molecule has 5 atom stereocenters. The molecule has 0 N–H and O–H groups in total. The van der Waals surface area contributed by atoms with E-state index < -0.39 is 0 Å². The molecule has 0 aliphatic heterocycles. The summed E-state index contributed by atoms with van der Waals surface area (Å²) in [7, 11) is 0. The van der Waals surface area contributed by atoms with Crippen molar-refractivity contribution in [1.29, 1.82) is 0 Å². The van der Waals surface area contributed by atoms with E-state index in [2.05, 4.69) is 69.2 Å². The van der Waals surface area contributed by atoms with Crippen LogP contribution in [0.4, 0.5) is 0 Å². The Morgan fingerprint density at radius 1 is 0.682 bits per heavy atom. The molecule has 0 heteroatoms. The van der Waals surface area contributed by atoms with E-state index in [0.29, 0.717) is 5.41 Å². The molecule has 0 saturated heterocycles. The van der Waals surface area contributed by atoms with Crippen LogP contribution in [-0.4, -0.2) is 0 Å². The van der Waals surface area contributed by atoms with Gasteiger partial charge in [0.1, 0.15) is 0 Å². The van der Waals surface area contributed by atoms with Crippen LogP contribution in [0.5, 0.6) is 0 Å². The Morgan fingerprint density at radius 3 is 1.45 bits per heavy atom. The molecule has 22 heavy (non-hydrogen) atoms. The summed E-state index contributed by atoms with van der Waals surface area (Å²) in [5, 5.41) is 0. The van der Waals surface area contributed by atoms with E-state index in [9.17, 15) is 0 Å². The Kier molecular flexibility index (Phi) is 9.99. The van der Waals surface area contributed by atoms with Crippen molar-refractivity contribution < 1.29 is 0 Å². The quantitative estimate of drug-likeness (QED) is 0.365. The smallest absolute Gasteiger partial charge is 0.0329 e. The third-order valence-corrected chi connectivity index (χ3v) is 6.84. The van der Waals surface area contributed by atoms with Crippen molar-refractivity contribution in [3.63, 3.8) is 0 Å². The van der Waals surface area contributed by atoms with Crippen LogP contribution in [-0.2, 0) is 0 Å². The van der Waals surface area contributed by atoms with E-state index in [1.165, 1.54) is 32.1 Å². The largest absolute Gasteiger partial charge is 0.0649 e. The zero-order valence-electron chi connectivity index (χ0n) is 17.5. The maximum absolute atomic E-state index is 2.48. The minimum atomic E-state index is 0.485. The van der Waals surface area contributed by atoms with Gasteiger partial charge in [-0.15, -0.1) is 0 Å². The third kappa shape index (κ3) is 8.02. The van der Waals surface area contributed by atoms with Crippen LogP contribution >= 0.6 is 0 Å². The zero-order chi connectivity index (χ0) is 17.5. The first-order valence-corrected chi connectivity index (χ1v) is 10.0. The third-order valence-electron chi connectivity index (χ3n) is 6.84. The molecular formula is C22H46. The lowest BCUT2D eigenvalue weighted by Crippen LogP contribution is -2.27. The van der Waals surface area contributed by atoms with Gasteiger partial charge in [0.15, 0.2) is 0 Å². The van der Waals surface area contributed by atoms with Crippen LogP contribution < -0.4 is 0 Å². The van der Waals surface area contributed by atoms with Crippen molar-refractivity contribution in [2.45, 2.75) is 101 Å². The topological polar surface area (TPSA) is 0 Å². The van der Waals surface area contributed by atoms with Gasteiger partial charge in [0, 0.05) is 0 Å². The van der Waals surface area contributed by atoms with Crippen LogP contribution in [0.25, 0.3) is 0 Å². The number of hydrogen-bond donors (Lipinski definition) is 0. The van der Waals surface area contributed by atoms with E-state index in [0.717, 1.165) is 35.5 Å². The van der Waals surface area contributed by atoms with Gasteiger partial charge in [-0.1, -0.05) is 88.5 Å². The highest BCUT2D eigenvalue weighted by Crippen LogP contribution is 2.38. The minimum Gasteiger partial charge on any atom is -0.0649 e. The van der Waals surface area contributed by atoms with Gasteiger partial charge in [0.25, 0.3) is 0 Å². The Hall–Kier alpha value is 0. The van der Waals surface area contributed by atoms with Crippen LogP contribution in [0.2, 0.25) is 0 Å². The predicted molar refractivity (Wildman–Crippen MR) is 103 cm³/mol. The van der Waals surface area contributed by atoms with Gasteiger partial charge in [0.2, 0.25) is 0 Å². The van der Waals surface area contributed by atoms with Gasteiger partial charge in [-0.25, -0.2) is 0 Å². The van der Waals surface area contributed by atoms with Crippen molar-refractivity contribution in [3.05, 3.63) is 0 Å². The molecule has 0 fully saturated rings. The molecule has 0 aliphatic rings. The molecule has 0 aromatic rings. The molecule has 0 amide bonds. The molecule has 0 rings (SSSR count). The lowest BCUT2D eigenvalue weighted by molar-refractivity contribution is 0.139. The summed E-state index contributed by atoms with van der Waals surface area (Å²) >= 11 is 0. The molecule has 0 bridgehead atoms. The second kappa shape index (κ2) is 9.99. The number of hydrogen-bond acceptors (Lipinski definition) is 0. The number of rotatable bonds is 11. The monoisotopic (exact) mass is 310 g/mol. The lowest BCUT2D eigenvalue weighted by atomic mass is 9.69. The molecule has 5 unspecified atom stereocenters. The van der Waals surface area contributed by atoms with Gasteiger partial charge >= 0.3 is 0 Å². The molecule has 0 saturated carbocycles. The summed E-state index contributed by atoms with van der Waals surface area (Å²) in [4.78, 5) is 0. The molecule has 0 nitrogen and oxygen atoms in total. The first-order chi connectivity index (χ1) is 10.0. The van der Waals surface area contributed by atoms with Crippen LogP contribution in [0.1, 0.15) is 101 Å². The second-order valence-corrected chi connectivity index (χ2v) is 9.59. The van der Waals surface area contributed by atoms with E-state index in [-0.39, 0.29) is 0 Å². The molecule has 0 aromatic heterocycles. The van der Waals surface area contributed by atoms with Gasteiger partial charge in [-0.3, -0.25) is 0 Å². The van der Waals surface area contributed by atoms with Gasteiger partial charge in [-0.2, -0.15) is 0 Å². The lowest BCUT2D eigenvalue weighted by Gasteiger charge is -2.36. The minimum absolute atomic E-state index is 0.485. The zero-order valence-corrected chi connectivity index (χ0v) is 17.5. The summed E-state index contributed by atoms with van der Waals surface area (Å²) in [6.45, 7) is 24.2.